The van der Waals surface area contributed by atoms with Gasteiger partial charge in [0.1, 0.15) is 5.75 Å². The van der Waals surface area contributed by atoms with Crippen LogP contribution in [-0.4, -0.2) is 13.2 Å². The fourth-order valence-corrected chi connectivity index (χ4v) is 2.50. The van der Waals surface area contributed by atoms with E-state index in [0.29, 0.717) is 12.5 Å². The average Bonchev–Trinajstić information content (AvgIpc) is 2.32. The monoisotopic (exact) mass is 325 g/mol. The Bertz CT molecular complexity index is 415. The van der Waals surface area contributed by atoms with E-state index in [1.807, 2.05) is 6.08 Å². The molecule has 0 unspecified atom stereocenters. The van der Waals surface area contributed by atoms with E-state index in [2.05, 4.69) is 60.7 Å². The molecule has 106 valence electrons. The second-order valence-corrected chi connectivity index (χ2v) is 6.08. The zero-order valence-corrected chi connectivity index (χ0v) is 13.7. The Morgan fingerprint density at radius 3 is 2.79 bits per heavy atom. The van der Waals surface area contributed by atoms with Gasteiger partial charge in [0.2, 0.25) is 0 Å². The van der Waals surface area contributed by atoms with Gasteiger partial charge in [0.05, 0.1) is 6.61 Å². The molecule has 0 aliphatic heterocycles. The van der Waals surface area contributed by atoms with E-state index in [4.69, 9.17) is 4.74 Å². The first-order chi connectivity index (χ1) is 9.04. The molecule has 19 heavy (non-hydrogen) atoms. The van der Waals surface area contributed by atoms with E-state index in [0.717, 1.165) is 29.7 Å². The topological polar surface area (TPSA) is 21.3 Å². The van der Waals surface area contributed by atoms with Crippen molar-refractivity contribution < 1.29 is 4.74 Å². The lowest BCUT2D eigenvalue weighted by Gasteiger charge is -2.16. The molecule has 3 heteroatoms. The van der Waals surface area contributed by atoms with Crippen molar-refractivity contribution in [1.82, 2.24) is 5.32 Å². The molecule has 0 atom stereocenters. The number of rotatable bonds is 8. The summed E-state index contributed by atoms with van der Waals surface area (Å²) in [5.74, 6) is 1.65. The van der Waals surface area contributed by atoms with Crippen LogP contribution in [-0.2, 0) is 6.54 Å². The van der Waals surface area contributed by atoms with Crippen molar-refractivity contribution >= 4 is 15.9 Å². The molecule has 1 N–H and O–H groups in total. The molecule has 0 radical (unpaired) electrons. The maximum Gasteiger partial charge on any atom is 0.126 e. The number of hydrogen-bond donors (Lipinski definition) is 1. The molecule has 1 aromatic carbocycles. The fraction of sp³-hybridized carbons (Fsp3) is 0.500. The predicted molar refractivity (Wildman–Crippen MR) is 85.7 cm³/mol. The standard InChI is InChI=1S/C16H24BrNO/c1-5-6-7-19-16-13(4)8-15(17)9-14(16)11-18-10-12(2)3/h5,8-9,12,18H,1,6-7,10-11H2,2-4H3. The van der Waals surface area contributed by atoms with E-state index in [-0.39, 0.29) is 0 Å². The van der Waals surface area contributed by atoms with Crippen molar-refractivity contribution in [2.75, 3.05) is 13.2 Å². The Balaban J connectivity index is 2.77. The zero-order chi connectivity index (χ0) is 14.3. The predicted octanol–water partition coefficient (Wildman–Crippen LogP) is 4.46. The Morgan fingerprint density at radius 2 is 2.16 bits per heavy atom. The Labute approximate surface area is 125 Å². The first-order valence-corrected chi connectivity index (χ1v) is 7.57. The van der Waals surface area contributed by atoms with Crippen LogP contribution >= 0.6 is 15.9 Å². The molecular formula is C16H24BrNO. The first-order valence-electron chi connectivity index (χ1n) is 6.78. The fourth-order valence-electron chi connectivity index (χ4n) is 1.88. The minimum Gasteiger partial charge on any atom is -0.493 e. The molecule has 0 saturated carbocycles. The molecular weight excluding hydrogens is 302 g/mol. The van der Waals surface area contributed by atoms with Gasteiger partial charge in [-0.3, -0.25) is 0 Å². The second-order valence-electron chi connectivity index (χ2n) is 5.16. The van der Waals surface area contributed by atoms with Crippen molar-refractivity contribution in [3.63, 3.8) is 0 Å². The van der Waals surface area contributed by atoms with E-state index in [9.17, 15) is 0 Å². The molecule has 0 aliphatic rings. The van der Waals surface area contributed by atoms with Crippen LogP contribution in [0.4, 0.5) is 0 Å². The van der Waals surface area contributed by atoms with Crippen LogP contribution in [0.2, 0.25) is 0 Å². The summed E-state index contributed by atoms with van der Waals surface area (Å²) in [6.07, 6.45) is 2.75. The van der Waals surface area contributed by atoms with Gasteiger partial charge in [0, 0.05) is 16.6 Å². The number of ether oxygens (including phenoxy) is 1. The summed E-state index contributed by atoms with van der Waals surface area (Å²) < 4.78 is 6.99. The van der Waals surface area contributed by atoms with Crippen LogP contribution in [0.15, 0.2) is 29.3 Å². The molecule has 0 heterocycles. The summed E-state index contributed by atoms with van der Waals surface area (Å²) >= 11 is 3.55. The van der Waals surface area contributed by atoms with Gasteiger partial charge < -0.3 is 10.1 Å². The first kappa shape index (κ1) is 16.3. The highest BCUT2D eigenvalue weighted by Gasteiger charge is 2.09. The van der Waals surface area contributed by atoms with Crippen molar-refractivity contribution in [2.24, 2.45) is 5.92 Å². The van der Waals surface area contributed by atoms with Crippen LogP contribution in [0.1, 0.15) is 31.4 Å². The quantitative estimate of drug-likeness (QED) is 0.563. The largest absolute Gasteiger partial charge is 0.493 e. The van der Waals surface area contributed by atoms with Crippen molar-refractivity contribution in [3.8, 4) is 5.75 Å². The van der Waals surface area contributed by atoms with Gasteiger partial charge >= 0.3 is 0 Å². The van der Waals surface area contributed by atoms with Gasteiger partial charge in [-0.15, -0.1) is 6.58 Å². The molecule has 1 aromatic rings. The molecule has 1 rings (SSSR count). The van der Waals surface area contributed by atoms with Crippen LogP contribution in [0, 0.1) is 12.8 Å². The Kier molecular flexibility index (Phi) is 7.17. The SMILES string of the molecule is C=CCCOc1c(C)cc(Br)cc1CNCC(C)C. The molecule has 2 nitrogen and oxygen atoms in total. The van der Waals surface area contributed by atoms with Crippen LogP contribution in [0.5, 0.6) is 5.75 Å². The lowest BCUT2D eigenvalue weighted by molar-refractivity contribution is 0.318. The van der Waals surface area contributed by atoms with Gasteiger partial charge in [0.25, 0.3) is 0 Å². The van der Waals surface area contributed by atoms with Gasteiger partial charge in [-0.2, -0.15) is 0 Å². The van der Waals surface area contributed by atoms with Gasteiger partial charge in [-0.1, -0.05) is 35.9 Å². The summed E-state index contributed by atoms with van der Waals surface area (Å²) in [6.45, 7) is 12.8. The highest BCUT2D eigenvalue weighted by atomic mass is 79.9. The van der Waals surface area contributed by atoms with Gasteiger partial charge in [-0.25, -0.2) is 0 Å². The number of hydrogen-bond acceptors (Lipinski definition) is 2. The number of nitrogens with one attached hydrogen (secondary N) is 1. The third kappa shape index (κ3) is 5.79. The smallest absolute Gasteiger partial charge is 0.126 e. The van der Waals surface area contributed by atoms with Crippen molar-refractivity contribution in [2.45, 2.75) is 33.7 Å². The molecule has 0 aromatic heterocycles. The third-order valence-electron chi connectivity index (χ3n) is 2.75. The van der Waals surface area contributed by atoms with E-state index < -0.39 is 0 Å². The minimum atomic E-state index is 0.651. The summed E-state index contributed by atoms with van der Waals surface area (Å²) in [4.78, 5) is 0. The Morgan fingerprint density at radius 1 is 1.42 bits per heavy atom. The van der Waals surface area contributed by atoms with Crippen LogP contribution in [0.25, 0.3) is 0 Å². The van der Waals surface area contributed by atoms with E-state index in [1.54, 1.807) is 0 Å². The maximum absolute atomic E-state index is 5.89. The normalized spacial score (nSPS) is 10.8. The molecule has 0 amide bonds. The number of halogens is 1. The lowest BCUT2D eigenvalue weighted by Crippen LogP contribution is -2.19. The zero-order valence-electron chi connectivity index (χ0n) is 12.1. The summed E-state index contributed by atoms with van der Waals surface area (Å²) in [5, 5.41) is 3.47. The second kappa shape index (κ2) is 8.39. The summed E-state index contributed by atoms with van der Waals surface area (Å²) in [6, 6.07) is 4.22. The molecule has 0 saturated heterocycles. The van der Waals surface area contributed by atoms with Crippen molar-refractivity contribution in [1.29, 1.82) is 0 Å². The van der Waals surface area contributed by atoms with Crippen LogP contribution < -0.4 is 10.1 Å². The third-order valence-corrected chi connectivity index (χ3v) is 3.21. The Hall–Kier alpha value is -0.800. The van der Waals surface area contributed by atoms with Gasteiger partial charge in [-0.05, 0) is 43.5 Å². The molecule has 0 spiro atoms. The highest BCUT2D eigenvalue weighted by molar-refractivity contribution is 9.10. The number of benzene rings is 1. The van der Waals surface area contributed by atoms with Crippen LogP contribution in [0.3, 0.4) is 0 Å². The van der Waals surface area contributed by atoms with E-state index >= 15 is 0 Å². The van der Waals surface area contributed by atoms with Gasteiger partial charge in [0.15, 0.2) is 0 Å². The lowest BCUT2D eigenvalue weighted by atomic mass is 10.1. The molecule has 0 bridgehead atoms. The number of aryl methyl sites for hydroxylation is 1. The average molecular weight is 326 g/mol. The minimum absolute atomic E-state index is 0.651. The summed E-state index contributed by atoms with van der Waals surface area (Å²) in [5.41, 5.74) is 2.37. The molecule has 0 aliphatic carbocycles. The highest BCUT2D eigenvalue weighted by Crippen LogP contribution is 2.28. The van der Waals surface area contributed by atoms with Crippen molar-refractivity contribution in [3.05, 3.63) is 40.4 Å². The maximum atomic E-state index is 5.89. The van der Waals surface area contributed by atoms with E-state index in [1.165, 1.54) is 11.1 Å². The molecule has 0 fully saturated rings. The summed E-state index contributed by atoms with van der Waals surface area (Å²) in [7, 11) is 0.